The molecule has 0 aliphatic heterocycles. The highest BCUT2D eigenvalue weighted by Crippen LogP contribution is 2.26. The molecule has 1 unspecified atom stereocenters. The van der Waals surface area contributed by atoms with Gasteiger partial charge in [-0.3, -0.25) is 14.2 Å². The first kappa shape index (κ1) is 17.9. The molecule has 0 aliphatic rings. The Bertz CT molecular complexity index is 1010. The molecule has 0 radical (unpaired) electrons. The predicted octanol–water partition coefficient (Wildman–Crippen LogP) is 4.66. The number of rotatable bonds is 6. The summed E-state index contributed by atoms with van der Waals surface area (Å²) in [6, 6.07) is 8.66. The fourth-order valence-corrected chi connectivity index (χ4v) is 4.36. The minimum Gasteiger partial charge on any atom is -0.293 e. The highest BCUT2D eigenvalue weighted by molar-refractivity contribution is 8.00. The Balaban J connectivity index is 1.96. The Morgan fingerprint density at radius 1 is 1.48 bits per heavy atom. The second kappa shape index (κ2) is 7.56. The molecule has 0 amide bonds. The van der Waals surface area contributed by atoms with Gasteiger partial charge in [0.05, 0.1) is 10.8 Å². The van der Waals surface area contributed by atoms with Crippen LogP contribution < -0.4 is 5.56 Å². The molecular formula is C18H15ClN2O2S2. The molecule has 3 rings (SSSR count). The van der Waals surface area contributed by atoms with Crippen molar-refractivity contribution in [1.29, 1.82) is 0 Å². The van der Waals surface area contributed by atoms with E-state index in [4.69, 9.17) is 11.6 Å². The van der Waals surface area contributed by atoms with Crippen LogP contribution in [0.3, 0.4) is 0 Å². The molecule has 1 aromatic carbocycles. The number of hydrogen-bond donors (Lipinski definition) is 0. The molecule has 0 saturated carbocycles. The van der Waals surface area contributed by atoms with Gasteiger partial charge in [0.1, 0.15) is 4.70 Å². The van der Waals surface area contributed by atoms with Crippen LogP contribution in [0.2, 0.25) is 5.02 Å². The van der Waals surface area contributed by atoms with Crippen molar-refractivity contribution in [1.82, 2.24) is 9.55 Å². The number of hydrogen-bond acceptors (Lipinski definition) is 5. The topological polar surface area (TPSA) is 52.0 Å². The Labute approximate surface area is 158 Å². The largest absolute Gasteiger partial charge is 0.293 e. The van der Waals surface area contributed by atoms with E-state index in [1.807, 2.05) is 11.4 Å². The quantitative estimate of drug-likeness (QED) is 0.266. The van der Waals surface area contributed by atoms with Gasteiger partial charge in [-0.1, -0.05) is 41.6 Å². The summed E-state index contributed by atoms with van der Waals surface area (Å²) in [6.45, 7) is 5.85. The third-order valence-corrected chi connectivity index (χ3v) is 5.82. The van der Waals surface area contributed by atoms with Gasteiger partial charge in [0.25, 0.3) is 5.56 Å². The van der Waals surface area contributed by atoms with Crippen LogP contribution in [0.1, 0.15) is 17.3 Å². The highest BCUT2D eigenvalue weighted by Gasteiger charge is 2.20. The fourth-order valence-electron chi connectivity index (χ4n) is 2.39. The van der Waals surface area contributed by atoms with Crippen molar-refractivity contribution in [2.45, 2.75) is 23.9 Å². The number of ketones is 1. The zero-order valence-corrected chi connectivity index (χ0v) is 15.8. The second-order valence-electron chi connectivity index (χ2n) is 5.37. The van der Waals surface area contributed by atoms with E-state index in [-0.39, 0.29) is 11.3 Å². The Morgan fingerprint density at radius 2 is 2.28 bits per heavy atom. The van der Waals surface area contributed by atoms with Crippen molar-refractivity contribution in [3.8, 4) is 0 Å². The van der Waals surface area contributed by atoms with Crippen LogP contribution >= 0.6 is 34.7 Å². The Kier molecular flexibility index (Phi) is 5.42. The van der Waals surface area contributed by atoms with Crippen molar-refractivity contribution in [3.05, 3.63) is 69.3 Å². The summed E-state index contributed by atoms with van der Waals surface area (Å²) in [5.41, 5.74) is 1.09. The summed E-state index contributed by atoms with van der Waals surface area (Å²) in [6.07, 6.45) is 1.65. The van der Waals surface area contributed by atoms with Crippen molar-refractivity contribution in [2.75, 3.05) is 0 Å². The molecule has 0 N–H and O–H groups in total. The number of fused-ring (bicyclic) bond motifs is 1. The molecular weight excluding hydrogens is 376 g/mol. The minimum atomic E-state index is -0.405. The standard InChI is InChI=1S/C18H15ClN2O2S2/c1-3-8-21-17(23)16-14(7-9-24-16)20-18(21)25-11(2)15(22)12-5-4-6-13(19)10-12/h3-7,9-11H,1,8H2,2H3. The monoisotopic (exact) mass is 390 g/mol. The number of allylic oxidation sites excluding steroid dienone is 1. The third kappa shape index (κ3) is 3.71. The summed E-state index contributed by atoms with van der Waals surface area (Å²) in [5.74, 6) is -0.0580. The van der Waals surface area contributed by atoms with Crippen LogP contribution in [0, 0.1) is 0 Å². The van der Waals surface area contributed by atoms with Crippen LogP contribution in [-0.2, 0) is 6.54 Å². The average Bonchev–Trinajstić information content (AvgIpc) is 3.06. The van der Waals surface area contributed by atoms with E-state index in [9.17, 15) is 9.59 Å². The first-order valence-corrected chi connectivity index (χ1v) is 9.70. The molecule has 0 fully saturated rings. The Morgan fingerprint density at radius 3 is 3.00 bits per heavy atom. The number of thioether (sulfide) groups is 1. The first-order valence-electron chi connectivity index (χ1n) is 7.56. The Hall–Kier alpha value is -1.89. The summed E-state index contributed by atoms with van der Waals surface area (Å²) in [7, 11) is 0. The SMILES string of the molecule is C=CCn1c(SC(C)C(=O)c2cccc(Cl)c2)nc2ccsc2c1=O. The van der Waals surface area contributed by atoms with Crippen molar-refractivity contribution in [3.63, 3.8) is 0 Å². The maximum Gasteiger partial charge on any atom is 0.272 e. The van der Waals surface area contributed by atoms with E-state index in [0.717, 1.165) is 0 Å². The molecule has 3 aromatic rings. The lowest BCUT2D eigenvalue weighted by atomic mass is 10.1. The van der Waals surface area contributed by atoms with Crippen LogP contribution in [0.15, 0.2) is 58.3 Å². The maximum absolute atomic E-state index is 12.7. The summed E-state index contributed by atoms with van der Waals surface area (Å²) in [4.78, 5) is 29.9. The summed E-state index contributed by atoms with van der Waals surface area (Å²) in [5, 5.41) is 2.47. The summed E-state index contributed by atoms with van der Waals surface area (Å²) < 4.78 is 2.16. The normalized spacial score (nSPS) is 12.2. The number of benzene rings is 1. The number of halogens is 1. The zero-order chi connectivity index (χ0) is 18.0. The lowest BCUT2D eigenvalue weighted by molar-refractivity contribution is 0.0994. The second-order valence-corrected chi connectivity index (χ2v) is 8.03. The van der Waals surface area contributed by atoms with E-state index in [1.165, 1.54) is 23.1 Å². The smallest absolute Gasteiger partial charge is 0.272 e. The molecule has 2 heterocycles. The van der Waals surface area contributed by atoms with Gasteiger partial charge in [-0.15, -0.1) is 17.9 Å². The number of Topliss-reactive ketones (excluding diaryl/α,β-unsaturated/α-hetero) is 1. The van der Waals surface area contributed by atoms with Gasteiger partial charge in [0.15, 0.2) is 10.9 Å². The first-order chi connectivity index (χ1) is 12.0. The molecule has 25 heavy (non-hydrogen) atoms. The molecule has 7 heteroatoms. The van der Waals surface area contributed by atoms with Crippen LogP contribution in [0.25, 0.3) is 10.2 Å². The number of carbonyl (C=O) groups is 1. The van der Waals surface area contributed by atoms with Gasteiger partial charge in [-0.2, -0.15) is 0 Å². The van der Waals surface area contributed by atoms with Gasteiger partial charge in [0, 0.05) is 17.1 Å². The molecule has 128 valence electrons. The molecule has 2 aromatic heterocycles. The van der Waals surface area contributed by atoms with E-state index in [2.05, 4.69) is 11.6 Å². The van der Waals surface area contributed by atoms with Gasteiger partial charge < -0.3 is 0 Å². The maximum atomic E-state index is 12.7. The fraction of sp³-hybridized carbons (Fsp3) is 0.167. The minimum absolute atomic E-state index is 0.0580. The lowest BCUT2D eigenvalue weighted by Crippen LogP contribution is -2.24. The van der Waals surface area contributed by atoms with Crippen LogP contribution in [0.4, 0.5) is 0 Å². The molecule has 0 spiro atoms. The number of thiophene rings is 1. The number of nitrogens with zero attached hydrogens (tertiary/aromatic N) is 2. The van der Waals surface area contributed by atoms with Crippen molar-refractivity contribution >= 4 is 50.7 Å². The molecule has 4 nitrogen and oxygen atoms in total. The van der Waals surface area contributed by atoms with Crippen LogP contribution in [-0.4, -0.2) is 20.6 Å². The van der Waals surface area contributed by atoms with Gasteiger partial charge >= 0.3 is 0 Å². The van der Waals surface area contributed by atoms with E-state index < -0.39 is 5.25 Å². The average molecular weight is 391 g/mol. The lowest BCUT2D eigenvalue weighted by Gasteiger charge is -2.14. The van der Waals surface area contributed by atoms with Gasteiger partial charge in [-0.05, 0) is 30.5 Å². The zero-order valence-electron chi connectivity index (χ0n) is 13.4. The van der Waals surface area contributed by atoms with E-state index in [0.29, 0.717) is 32.5 Å². The predicted molar refractivity (Wildman–Crippen MR) is 105 cm³/mol. The van der Waals surface area contributed by atoms with Gasteiger partial charge in [0.2, 0.25) is 0 Å². The van der Waals surface area contributed by atoms with E-state index >= 15 is 0 Å². The third-order valence-electron chi connectivity index (χ3n) is 3.60. The van der Waals surface area contributed by atoms with Gasteiger partial charge in [-0.25, -0.2) is 4.98 Å². The molecule has 0 aliphatic carbocycles. The van der Waals surface area contributed by atoms with E-state index in [1.54, 1.807) is 41.8 Å². The summed E-state index contributed by atoms with van der Waals surface area (Å²) >= 11 is 8.60. The van der Waals surface area contributed by atoms with Crippen molar-refractivity contribution < 1.29 is 4.79 Å². The molecule has 0 bridgehead atoms. The highest BCUT2D eigenvalue weighted by atomic mass is 35.5. The molecule has 1 atom stereocenters. The van der Waals surface area contributed by atoms with Crippen molar-refractivity contribution in [2.24, 2.45) is 0 Å². The number of carbonyl (C=O) groups excluding carboxylic acids is 1. The number of aromatic nitrogens is 2. The van der Waals surface area contributed by atoms with Crippen LogP contribution in [0.5, 0.6) is 0 Å². The molecule has 0 saturated heterocycles.